The van der Waals surface area contributed by atoms with E-state index < -0.39 is 0 Å². The van der Waals surface area contributed by atoms with Gasteiger partial charge in [-0.2, -0.15) is 0 Å². The lowest BCUT2D eigenvalue weighted by Gasteiger charge is -2.09. The summed E-state index contributed by atoms with van der Waals surface area (Å²) in [5.74, 6) is -0.200. The van der Waals surface area contributed by atoms with Crippen LogP contribution in [-0.2, 0) is 4.79 Å². The van der Waals surface area contributed by atoms with Crippen LogP contribution in [0, 0.1) is 5.92 Å². The molecule has 0 aliphatic carbocycles. The summed E-state index contributed by atoms with van der Waals surface area (Å²) in [5.41, 5.74) is 6.17. The lowest BCUT2D eigenvalue weighted by atomic mass is 10.1. The van der Waals surface area contributed by atoms with Crippen LogP contribution in [0.4, 0.5) is 5.69 Å². The van der Waals surface area contributed by atoms with Crippen LogP contribution in [0.25, 0.3) is 0 Å². The Morgan fingerprint density at radius 1 is 1.47 bits per heavy atom. The molecule has 0 radical (unpaired) electrons. The highest BCUT2D eigenvalue weighted by Crippen LogP contribution is 2.14. The molecule has 1 rings (SSSR count). The smallest absolute Gasteiger partial charge is 0.228 e. The van der Waals surface area contributed by atoms with Crippen molar-refractivity contribution < 1.29 is 4.79 Å². The molecule has 1 unspecified atom stereocenters. The molecule has 0 aliphatic rings. The number of anilines is 1. The standard InChI is InChI=1S/C10H13BrN2O.ClH/c1-7(6-12)10(14)13-9-4-2-8(11)3-5-9;/h2-5,7H,6,12H2,1H3,(H,13,14);1H. The van der Waals surface area contributed by atoms with Crippen LogP contribution in [0.1, 0.15) is 6.92 Å². The van der Waals surface area contributed by atoms with E-state index in [1.807, 2.05) is 24.3 Å². The lowest BCUT2D eigenvalue weighted by Crippen LogP contribution is -2.26. The van der Waals surface area contributed by atoms with Gasteiger partial charge < -0.3 is 11.1 Å². The second-order valence-corrected chi connectivity index (χ2v) is 4.05. The average molecular weight is 294 g/mol. The Labute approximate surface area is 104 Å². The van der Waals surface area contributed by atoms with Gasteiger partial charge in [0.1, 0.15) is 0 Å². The minimum absolute atomic E-state index is 0. The maximum absolute atomic E-state index is 11.4. The maximum Gasteiger partial charge on any atom is 0.228 e. The third-order valence-corrected chi connectivity index (χ3v) is 2.44. The van der Waals surface area contributed by atoms with Crippen molar-refractivity contribution >= 4 is 39.9 Å². The van der Waals surface area contributed by atoms with E-state index in [0.29, 0.717) is 6.54 Å². The monoisotopic (exact) mass is 292 g/mol. The summed E-state index contributed by atoms with van der Waals surface area (Å²) in [7, 11) is 0. The molecule has 84 valence electrons. The van der Waals surface area contributed by atoms with Crippen LogP contribution < -0.4 is 11.1 Å². The third kappa shape index (κ3) is 4.64. The van der Waals surface area contributed by atoms with Gasteiger partial charge in [-0.1, -0.05) is 22.9 Å². The van der Waals surface area contributed by atoms with Gasteiger partial charge >= 0.3 is 0 Å². The first kappa shape index (κ1) is 14.4. The molecule has 3 nitrogen and oxygen atoms in total. The highest BCUT2D eigenvalue weighted by molar-refractivity contribution is 9.10. The van der Waals surface area contributed by atoms with Gasteiger partial charge in [-0.3, -0.25) is 4.79 Å². The average Bonchev–Trinajstić information content (AvgIpc) is 2.20. The molecule has 5 heteroatoms. The van der Waals surface area contributed by atoms with Crippen molar-refractivity contribution in [3.05, 3.63) is 28.7 Å². The highest BCUT2D eigenvalue weighted by Gasteiger charge is 2.10. The molecule has 0 spiro atoms. The summed E-state index contributed by atoms with van der Waals surface area (Å²) in [6, 6.07) is 7.43. The van der Waals surface area contributed by atoms with Crippen molar-refractivity contribution in [1.82, 2.24) is 0 Å². The van der Waals surface area contributed by atoms with Crippen molar-refractivity contribution in [3.63, 3.8) is 0 Å². The molecule has 1 amide bonds. The fraction of sp³-hybridized carbons (Fsp3) is 0.300. The number of hydrogen-bond donors (Lipinski definition) is 2. The zero-order valence-electron chi connectivity index (χ0n) is 8.37. The normalized spacial score (nSPS) is 11.4. The topological polar surface area (TPSA) is 55.1 Å². The Morgan fingerprint density at radius 2 is 2.00 bits per heavy atom. The second kappa shape index (κ2) is 6.82. The number of nitrogens with one attached hydrogen (secondary N) is 1. The Bertz CT molecular complexity index is 316. The van der Waals surface area contributed by atoms with Crippen LogP contribution in [-0.4, -0.2) is 12.5 Å². The zero-order valence-corrected chi connectivity index (χ0v) is 10.8. The second-order valence-electron chi connectivity index (χ2n) is 3.13. The fourth-order valence-electron chi connectivity index (χ4n) is 0.906. The van der Waals surface area contributed by atoms with E-state index in [1.54, 1.807) is 6.92 Å². The predicted molar refractivity (Wildman–Crippen MR) is 68.2 cm³/mol. The summed E-state index contributed by atoms with van der Waals surface area (Å²) >= 11 is 3.32. The van der Waals surface area contributed by atoms with Crippen LogP contribution in [0.2, 0.25) is 0 Å². The van der Waals surface area contributed by atoms with Crippen molar-refractivity contribution in [2.24, 2.45) is 11.7 Å². The maximum atomic E-state index is 11.4. The van der Waals surface area contributed by atoms with Crippen molar-refractivity contribution in [3.8, 4) is 0 Å². The molecule has 15 heavy (non-hydrogen) atoms. The summed E-state index contributed by atoms with van der Waals surface area (Å²) in [6.07, 6.45) is 0. The minimum Gasteiger partial charge on any atom is -0.330 e. The Balaban J connectivity index is 0.00000196. The van der Waals surface area contributed by atoms with E-state index in [9.17, 15) is 4.79 Å². The predicted octanol–water partition coefficient (Wildman–Crippen LogP) is 2.40. The first-order valence-corrected chi connectivity index (χ1v) is 5.19. The minimum atomic E-state index is -0.154. The number of halogens is 2. The Kier molecular flexibility index (Phi) is 6.56. The molecule has 0 heterocycles. The fourth-order valence-corrected chi connectivity index (χ4v) is 1.17. The third-order valence-electron chi connectivity index (χ3n) is 1.91. The van der Waals surface area contributed by atoms with Crippen molar-refractivity contribution in [1.29, 1.82) is 0 Å². The van der Waals surface area contributed by atoms with E-state index >= 15 is 0 Å². The summed E-state index contributed by atoms with van der Waals surface area (Å²) < 4.78 is 0.988. The van der Waals surface area contributed by atoms with E-state index in [2.05, 4.69) is 21.2 Å². The molecule has 3 N–H and O–H groups in total. The van der Waals surface area contributed by atoms with Gasteiger partial charge in [0.2, 0.25) is 5.91 Å². The number of benzene rings is 1. The number of nitrogens with two attached hydrogens (primary N) is 1. The van der Waals surface area contributed by atoms with Gasteiger partial charge in [0, 0.05) is 22.6 Å². The number of rotatable bonds is 3. The molecule has 1 aromatic rings. The Hall–Kier alpha value is -0.580. The highest BCUT2D eigenvalue weighted by atomic mass is 79.9. The van der Waals surface area contributed by atoms with Gasteiger partial charge in [-0.25, -0.2) is 0 Å². The van der Waals surface area contributed by atoms with E-state index in [0.717, 1.165) is 10.2 Å². The number of amides is 1. The summed E-state index contributed by atoms with van der Waals surface area (Å²) in [4.78, 5) is 11.4. The zero-order chi connectivity index (χ0) is 10.6. The van der Waals surface area contributed by atoms with E-state index in [1.165, 1.54) is 0 Å². The molecule has 0 aliphatic heterocycles. The number of carbonyl (C=O) groups is 1. The van der Waals surface area contributed by atoms with E-state index in [4.69, 9.17) is 5.73 Å². The lowest BCUT2D eigenvalue weighted by molar-refractivity contribution is -0.119. The first-order valence-electron chi connectivity index (χ1n) is 4.40. The van der Waals surface area contributed by atoms with Crippen LogP contribution >= 0.6 is 28.3 Å². The van der Waals surface area contributed by atoms with Crippen LogP contribution in [0.15, 0.2) is 28.7 Å². The van der Waals surface area contributed by atoms with Gasteiger partial charge in [0.05, 0.1) is 0 Å². The largest absolute Gasteiger partial charge is 0.330 e. The molecular formula is C10H14BrClN2O. The van der Waals surface area contributed by atoms with Gasteiger partial charge in [0.15, 0.2) is 0 Å². The quantitative estimate of drug-likeness (QED) is 0.899. The number of hydrogen-bond acceptors (Lipinski definition) is 2. The molecule has 0 aromatic heterocycles. The van der Waals surface area contributed by atoms with E-state index in [-0.39, 0.29) is 24.2 Å². The molecule has 0 bridgehead atoms. The van der Waals surface area contributed by atoms with Gasteiger partial charge in [-0.05, 0) is 24.3 Å². The number of carbonyl (C=O) groups excluding carboxylic acids is 1. The molecule has 0 saturated carbocycles. The SMILES string of the molecule is CC(CN)C(=O)Nc1ccc(Br)cc1.Cl. The summed E-state index contributed by atoms with van der Waals surface area (Å²) in [6.45, 7) is 2.16. The van der Waals surface area contributed by atoms with Crippen molar-refractivity contribution in [2.45, 2.75) is 6.92 Å². The van der Waals surface area contributed by atoms with Crippen LogP contribution in [0.3, 0.4) is 0 Å². The molecule has 0 fully saturated rings. The van der Waals surface area contributed by atoms with Gasteiger partial charge in [-0.15, -0.1) is 12.4 Å². The van der Waals surface area contributed by atoms with Crippen molar-refractivity contribution in [2.75, 3.05) is 11.9 Å². The first-order chi connectivity index (χ1) is 6.63. The molecular weight excluding hydrogens is 279 g/mol. The summed E-state index contributed by atoms with van der Waals surface area (Å²) in [5, 5.41) is 2.78. The Morgan fingerprint density at radius 3 is 2.47 bits per heavy atom. The molecule has 0 saturated heterocycles. The molecule has 1 atom stereocenters. The molecule has 1 aromatic carbocycles. The van der Waals surface area contributed by atoms with Gasteiger partial charge in [0.25, 0.3) is 0 Å². The van der Waals surface area contributed by atoms with Crippen LogP contribution in [0.5, 0.6) is 0 Å².